The van der Waals surface area contributed by atoms with Gasteiger partial charge in [-0.05, 0) is 25.1 Å². The number of aromatic nitrogens is 4. The number of benzene rings is 1. The number of hydrogen-bond acceptors (Lipinski definition) is 6. The van der Waals surface area contributed by atoms with Crippen molar-refractivity contribution in [2.45, 2.75) is 13.1 Å². The lowest BCUT2D eigenvalue weighted by atomic mass is 10.1. The lowest BCUT2D eigenvalue weighted by Crippen LogP contribution is -2.39. The van der Waals surface area contributed by atoms with Gasteiger partial charge in [0.25, 0.3) is 5.91 Å². The summed E-state index contributed by atoms with van der Waals surface area (Å²) in [5.74, 6) is -1.78. The maximum absolute atomic E-state index is 14.9. The van der Waals surface area contributed by atoms with E-state index >= 15 is 0 Å². The van der Waals surface area contributed by atoms with Crippen LogP contribution >= 0.6 is 0 Å². The van der Waals surface area contributed by atoms with Gasteiger partial charge in [0.2, 0.25) is 5.88 Å². The fourth-order valence-corrected chi connectivity index (χ4v) is 3.72. The normalized spacial score (nSPS) is 14.0. The molecule has 1 aliphatic rings. The molecule has 0 aliphatic carbocycles. The van der Waals surface area contributed by atoms with E-state index in [2.05, 4.69) is 15.0 Å². The molecule has 1 aromatic carbocycles. The Labute approximate surface area is 177 Å². The van der Waals surface area contributed by atoms with Crippen molar-refractivity contribution in [3.8, 4) is 5.88 Å². The van der Waals surface area contributed by atoms with E-state index in [0.717, 1.165) is 23.1 Å². The molecule has 32 heavy (non-hydrogen) atoms. The molecule has 0 unspecified atom stereocenters. The number of hydrogen-bond donors (Lipinski definition) is 1. The third-order valence-corrected chi connectivity index (χ3v) is 5.21. The highest BCUT2D eigenvalue weighted by Crippen LogP contribution is 2.36. The van der Waals surface area contributed by atoms with Gasteiger partial charge in [0.1, 0.15) is 41.5 Å². The van der Waals surface area contributed by atoms with Gasteiger partial charge in [0.05, 0.1) is 28.8 Å². The van der Waals surface area contributed by atoms with E-state index in [-0.39, 0.29) is 41.6 Å². The number of anilines is 2. The number of pyridine rings is 1. The van der Waals surface area contributed by atoms with Crippen LogP contribution in [0.1, 0.15) is 21.7 Å². The molecule has 0 atom stereocenters. The molecule has 1 aliphatic heterocycles. The molecule has 0 saturated carbocycles. The summed E-state index contributed by atoms with van der Waals surface area (Å²) < 4.78 is 60.6. The molecule has 0 bridgehead atoms. The Morgan fingerprint density at radius 1 is 1.22 bits per heavy atom. The number of halogens is 4. The monoisotopic (exact) mass is 446 g/mol. The number of ether oxygens (including phenoxy) is 1. The minimum absolute atomic E-state index is 0.00986. The highest BCUT2D eigenvalue weighted by atomic mass is 19.4. The molecule has 0 radical (unpaired) electrons. The van der Waals surface area contributed by atoms with Gasteiger partial charge in [-0.15, -0.1) is 0 Å². The molecule has 2 N–H and O–H groups in total. The molecule has 164 valence electrons. The number of carbonyl (C=O) groups excluding carboxylic acids is 1. The van der Waals surface area contributed by atoms with Crippen LogP contribution in [0, 0.1) is 12.7 Å². The van der Waals surface area contributed by atoms with E-state index in [1.54, 1.807) is 11.3 Å². The molecule has 4 heterocycles. The number of nitrogen functional groups attached to an aromatic ring is 1. The van der Waals surface area contributed by atoms with Gasteiger partial charge in [-0.1, -0.05) is 0 Å². The number of nitrogens with two attached hydrogens (primary N) is 1. The SMILES string of the molecule is Cc1ncn2c1c(N)nc1cc(F)c(C(=O)N3CCOc4nc(C(F)(F)F)ccc43)cc12. The second-order valence-electron chi connectivity index (χ2n) is 7.19. The van der Waals surface area contributed by atoms with Crippen molar-refractivity contribution in [3.63, 3.8) is 0 Å². The van der Waals surface area contributed by atoms with E-state index in [9.17, 15) is 22.4 Å². The van der Waals surface area contributed by atoms with Crippen molar-refractivity contribution >= 4 is 34.0 Å². The summed E-state index contributed by atoms with van der Waals surface area (Å²) in [4.78, 5) is 26.2. The van der Waals surface area contributed by atoms with Crippen LogP contribution in [0.4, 0.5) is 29.1 Å². The largest absolute Gasteiger partial charge is 0.474 e. The third kappa shape index (κ3) is 2.98. The molecular formula is C20H14F4N6O2. The van der Waals surface area contributed by atoms with E-state index in [0.29, 0.717) is 16.7 Å². The first-order valence-electron chi connectivity index (χ1n) is 9.40. The Morgan fingerprint density at radius 2 is 2.00 bits per heavy atom. The zero-order chi connectivity index (χ0) is 22.8. The Morgan fingerprint density at radius 3 is 2.75 bits per heavy atom. The Bertz CT molecular complexity index is 1420. The zero-order valence-corrected chi connectivity index (χ0v) is 16.4. The van der Waals surface area contributed by atoms with E-state index < -0.39 is 23.6 Å². The predicted octanol–water partition coefficient (Wildman–Crippen LogP) is 3.37. The number of fused-ring (bicyclic) bond motifs is 4. The fourth-order valence-electron chi connectivity index (χ4n) is 3.72. The average molecular weight is 446 g/mol. The summed E-state index contributed by atoms with van der Waals surface area (Å²) in [6.07, 6.45) is -3.18. The molecule has 5 rings (SSSR count). The average Bonchev–Trinajstić information content (AvgIpc) is 3.14. The molecule has 0 spiro atoms. The van der Waals surface area contributed by atoms with E-state index in [1.807, 2.05) is 0 Å². The number of nitrogens with zero attached hydrogens (tertiary/aromatic N) is 5. The summed E-state index contributed by atoms with van der Waals surface area (Å²) in [7, 11) is 0. The summed E-state index contributed by atoms with van der Waals surface area (Å²) in [5.41, 5.74) is 6.31. The maximum atomic E-state index is 14.9. The van der Waals surface area contributed by atoms with Gasteiger partial charge >= 0.3 is 6.18 Å². The molecule has 12 heteroatoms. The predicted molar refractivity (Wildman–Crippen MR) is 106 cm³/mol. The number of amides is 1. The van der Waals surface area contributed by atoms with Crippen molar-refractivity contribution < 1.29 is 27.1 Å². The van der Waals surface area contributed by atoms with Crippen molar-refractivity contribution in [1.82, 2.24) is 19.4 Å². The highest BCUT2D eigenvalue weighted by molar-refractivity contribution is 6.08. The van der Waals surface area contributed by atoms with Crippen LogP contribution in [0.2, 0.25) is 0 Å². The molecule has 0 saturated heterocycles. The topological polar surface area (TPSA) is 98.6 Å². The van der Waals surface area contributed by atoms with Crippen LogP contribution in [-0.2, 0) is 6.18 Å². The van der Waals surface area contributed by atoms with Gasteiger partial charge < -0.3 is 10.5 Å². The summed E-state index contributed by atoms with van der Waals surface area (Å²) in [5, 5.41) is 0. The second-order valence-corrected chi connectivity index (χ2v) is 7.19. The lowest BCUT2D eigenvalue weighted by molar-refractivity contribution is -0.141. The van der Waals surface area contributed by atoms with Crippen molar-refractivity contribution in [2.75, 3.05) is 23.8 Å². The van der Waals surface area contributed by atoms with Gasteiger partial charge in [0.15, 0.2) is 0 Å². The van der Waals surface area contributed by atoms with Crippen LogP contribution in [-0.4, -0.2) is 38.4 Å². The molecule has 4 aromatic rings. The Kier molecular flexibility index (Phi) is 4.23. The first kappa shape index (κ1) is 20.0. The van der Waals surface area contributed by atoms with Crippen molar-refractivity contribution in [1.29, 1.82) is 0 Å². The van der Waals surface area contributed by atoms with Crippen molar-refractivity contribution in [3.05, 3.63) is 53.4 Å². The molecular weight excluding hydrogens is 432 g/mol. The van der Waals surface area contributed by atoms with Gasteiger partial charge in [0, 0.05) is 6.07 Å². The van der Waals surface area contributed by atoms with E-state index in [4.69, 9.17) is 10.5 Å². The van der Waals surface area contributed by atoms with Crippen molar-refractivity contribution in [2.24, 2.45) is 0 Å². The lowest BCUT2D eigenvalue weighted by Gasteiger charge is -2.29. The molecule has 1 amide bonds. The van der Waals surface area contributed by atoms with Gasteiger partial charge in [-0.25, -0.2) is 19.3 Å². The first-order chi connectivity index (χ1) is 15.1. The maximum Gasteiger partial charge on any atom is 0.433 e. The number of aryl methyl sites for hydroxylation is 1. The summed E-state index contributed by atoms with van der Waals surface area (Å²) in [6.45, 7) is 1.66. The zero-order valence-electron chi connectivity index (χ0n) is 16.4. The summed E-state index contributed by atoms with van der Waals surface area (Å²) >= 11 is 0. The van der Waals surface area contributed by atoms with Crippen LogP contribution in [0.25, 0.3) is 16.6 Å². The van der Waals surface area contributed by atoms with Crippen LogP contribution in [0.15, 0.2) is 30.6 Å². The number of rotatable bonds is 1. The number of imidazole rings is 1. The van der Waals surface area contributed by atoms with Crippen LogP contribution in [0.5, 0.6) is 5.88 Å². The minimum atomic E-state index is -4.67. The minimum Gasteiger partial charge on any atom is -0.474 e. The third-order valence-electron chi connectivity index (χ3n) is 5.21. The number of alkyl halides is 3. The van der Waals surface area contributed by atoms with E-state index in [1.165, 1.54) is 12.4 Å². The molecule has 0 fully saturated rings. The molecule has 3 aromatic heterocycles. The van der Waals surface area contributed by atoms with Crippen LogP contribution < -0.4 is 15.4 Å². The second kappa shape index (κ2) is 6.77. The highest BCUT2D eigenvalue weighted by Gasteiger charge is 2.35. The quantitative estimate of drug-likeness (QED) is 0.450. The smallest absolute Gasteiger partial charge is 0.433 e. The van der Waals surface area contributed by atoms with Gasteiger partial charge in [-0.2, -0.15) is 13.2 Å². The van der Waals surface area contributed by atoms with Gasteiger partial charge in [-0.3, -0.25) is 14.1 Å². The standard InChI is InChI=1S/C20H14F4N6O2/c1-9-16-17(25)27-12-7-11(21)10(6-14(12)30(16)8-26-9)19(31)29-4-5-32-18-13(29)2-3-15(28-18)20(22,23)24/h2-3,6-8H,4-5H2,1H3,(H2,25,27). The Hall–Kier alpha value is -3.96. The van der Waals surface area contributed by atoms with Crippen LogP contribution in [0.3, 0.4) is 0 Å². The number of carbonyl (C=O) groups is 1. The molecule has 8 nitrogen and oxygen atoms in total. The Balaban J connectivity index is 1.62. The fraction of sp³-hybridized carbons (Fsp3) is 0.200. The summed E-state index contributed by atoms with van der Waals surface area (Å²) in [6, 6.07) is 4.23. The first-order valence-corrected chi connectivity index (χ1v) is 9.40.